The van der Waals surface area contributed by atoms with Gasteiger partial charge in [0.1, 0.15) is 37.8 Å². The predicted molar refractivity (Wildman–Crippen MR) is 162 cm³/mol. The first kappa shape index (κ1) is 34.5. The largest absolute Gasteiger partial charge is 0.491 e. The molecule has 1 aliphatic rings. The maximum atomic E-state index is 10.00. The van der Waals surface area contributed by atoms with Crippen molar-refractivity contribution in [1.29, 1.82) is 0 Å². The highest BCUT2D eigenvalue weighted by molar-refractivity contribution is 5.43. The summed E-state index contributed by atoms with van der Waals surface area (Å²) in [5, 5.41) is 45.7. The third-order valence-electron chi connectivity index (χ3n) is 6.21. The van der Waals surface area contributed by atoms with E-state index in [1.165, 1.54) is 0 Å². The van der Waals surface area contributed by atoms with Gasteiger partial charge in [-0.05, 0) is 44.5 Å². The van der Waals surface area contributed by atoms with Crippen LogP contribution in [0.5, 0.6) is 17.2 Å². The second kappa shape index (κ2) is 17.3. The summed E-state index contributed by atoms with van der Waals surface area (Å²) in [6.45, 7) is 15.6. The van der Waals surface area contributed by atoms with Gasteiger partial charge in [-0.25, -0.2) is 0 Å². The van der Waals surface area contributed by atoms with E-state index in [0.29, 0.717) is 55.8 Å². The van der Waals surface area contributed by atoms with Gasteiger partial charge >= 0.3 is 0 Å². The quantitative estimate of drug-likeness (QED) is 0.188. The van der Waals surface area contributed by atoms with Crippen molar-refractivity contribution >= 4 is 0 Å². The number of ether oxygens (including phenoxy) is 3. The number of benzene rings is 2. The summed E-state index contributed by atoms with van der Waals surface area (Å²) in [5.74, 6) is 1.97. The summed E-state index contributed by atoms with van der Waals surface area (Å²) >= 11 is 0. The van der Waals surface area contributed by atoms with Gasteiger partial charge < -0.3 is 45.3 Å². The lowest BCUT2D eigenvalue weighted by Gasteiger charge is -2.28. The van der Waals surface area contributed by atoms with E-state index in [2.05, 4.69) is 17.2 Å². The fourth-order valence-electron chi connectivity index (χ4n) is 4.00. The maximum Gasteiger partial charge on any atom is 0.161 e. The Kier molecular flexibility index (Phi) is 14.6. The summed E-state index contributed by atoms with van der Waals surface area (Å²) in [7, 11) is 0. The van der Waals surface area contributed by atoms with E-state index in [1.807, 2.05) is 77.1 Å². The topological polar surface area (TPSA) is 133 Å². The number of fused-ring (bicyclic) bond motifs is 1. The molecule has 1 aliphatic carbocycles. The number of β-amino-alcohol motifs (C(OH)–C–C–N with tert-alkyl or cyclic N) is 1. The second-order valence-corrected chi connectivity index (χ2v) is 11.6. The van der Waals surface area contributed by atoms with Crippen molar-refractivity contribution in [2.24, 2.45) is 0 Å². The van der Waals surface area contributed by atoms with E-state index in [4.69, 9.17) is 14.2 Å². The SMILES string of the molecule is C=CCOc1ccccc1OCC(O)CNC(C)C.CC(C)(C)NCC(O)COc1cccc2c1C[C@H](O)[C@H](O)C2. The molecule has 0 aliphatic heterocycles. The normalized spacial score (nSPS) is 18.0. The van der Waals surface area contributed by atoms with Crippen LogP contribution in [0.1, 0.15) is 45.7 Å². The van der Waals surface area contributed by atoms with Crippen LogP contribution in [0.15, 0.2) is 55.1 Å². The first-order chi connectivity index (χ1) is 19.4. The molecule has 0 saturated carbocycles. The van der Waals surface area contributed by atoms with Crippen LogP contribution in [-0.2, 0) is 12.8 Å². The number of nitrogens with one attached hydrogen (secondary N) is 2. The van der Waals surface area contributed by atoms with Gasteiger partial charge in [0, 0.05) is 43.1 Å². The standard InChI is InChI=1S/C17H27NO4.C15H23NO3/c1-17(2,3)18-9-12(19)10-22-16-6-4-5-11-7-14(20)15(21)8-13(11)16;1-4-9-18-14-7-5-6-8-15(14)19-11-13(17)10-16-12(2)3/h4-6,12,14-15,18-21H,7-10H2,1-3H3;4-8,12-13,16-17H,1,9-11H2,2-3H3/t12?,14-,15+;/m1./s1. The zero-order chi connectivity index (χ0) is 30.4. The van der Waals surface area contributed by atoms with Crippen molar-refractivity contribution in [2.75, 3.05) is 32.9 Å². The summed E-state index contributed by atoms with van der Waals surface area (Å²) in [5.41, 5.74) is 1.88. The summed E-state index contributed by atoms with van der Waals surface area (Å²) in [4.78, 5) is 0. The average molecular weight is 575 g/mol. The van der Waals surface area contributed by atoms with Crippen LogP contribution in [0.25, 0.3) is 0 Å². The van der Waals surface area contributed by atoms with Crippen molar-refractivity contribution in [3.8, 4) is 17.2 Å². The molecule has 9 heteroatoms. The molecule has 2 unspecified atom stereocenters. The van der Waals surface area contributed by atoms with Crippen LogP contribution >= 0.6 is 0 Å². The third kappa shape index (κ3) is 13.2. The molecular formula is C32H50N2O7. The summed E-state index contributed by atoms with van der Waals surface area (Å²) < 4.78 is 16.8. The Morgan fingerprint density at radius 1 is 0.854 bits per heavy atom. The highest BCUT2D eigenvalue weighted by atomic mass is 16.5. The Bertz CT molecular complexity index is 1040. The highest BCUT2D eigenvalue weighted by Gasteiger charge is 2.27. The third-order valence-corrected chi connectivity index (χ3v) is 6.21. The lowest BCUT2D eigenvalue weighted by atomic mass is 9.87. The van der Waals surface area contributed by atoms with Crippen molar-refractivity contribution < 1.29 is 34.6 Å². The van der Waals surface area contributed by atoms with Crippen LogP contribution in [0.2, 0.25) is 0 Å². The van der Waals surface area contributed by atoms with E-state index in [-0.39, 0.29) is 18.8 Å². The van der Waals surface area contributed by atoms with Crippen molar-refractivity contribution in [1.82, 2.24) is 10.6 Å². The Morgan fingerprint density at radius 2 is 1.41 bits per heavy atom. The molecule has 0 fully saturated rings. The fraction of sp³-hybridized carbons (Fsp3) is 0.562. The molecule has 3 rings (SSSR count). The van der Waals surface area contributed by atoms with Crippen LogP contribution in [0.3, 0.4) is 0 Å². The van der Waals surface area contributed by atoms with Crippen molar-refractivity contribution in [2.45, 2.75) is 83.5 Å². The van der Waals surface area contributed by atoms with Crippen LogP contribution in [0.4, 0.5) is 0 Å². The highest BCUT2D eigenvalue weighted by Crippen LogP contribution is 2.30. The first-order valence-corrected chi connectivity index (χ1v) is 14.3. The molecule has 41 heavy (non-hydrogen) atoms. The van der Waals surface area contributed by atoms with Gasteiger partial charge in [-0.2, -0.15) is 0 Å². The molecule has 0 radical (unpaired) electrons. The molecule has 0 heterocycles. The average Bonchev–Trinajstić information content (AvgIpc) is 2.92. The van der Waals surface area contributed by atoms with Crippen LogP contribution in [-0.4, -0.2) is 89.3 Å². The number of rotatable bonds is 14. The zero-order valence-electron chi connectivity index (χ0n) is 25.2. The smallest absolute Gasteiger partial charge is 0.161 e. The molecule has 2 aromatic rings. The summed E-state index contributed by atoms with van der Waals surface area (Å²) in [6, 6.07) is 13.4. The second-order valence-electron chi connectivity index (χ2n) is 11.6. The Morgan fingerprint density at radius 3 is 2.02 bits per heavy atom. The van der Waals surface area contributed by atoms with Gasteiger partial charge in [0.05, 0.1) is 12.2 Å². The molecule has 9 nitrogen and oxygen atoms in total. The first-order valence-electron chi connectivity index (χ1n) is 14.3. The monoisotopic (exact) mass is 574 g/mol. The van der Waals surface area contributed by atoms with Crippen LogP contribution in [0, 0.1) is 0 Å². The molecule has 0 amide bonds. The Balaban J connectivity index is 0.000000290. The van der Waals surface area contributed by atoms with E-state index in [1.54, 1.807) is 6.08 Å². The molecule has 0 aromatic heterocycles. The van der Waals surface area contributed by atoms with Gasteiger partial charge in [-0.3, -0.25) is 0 Å². The fourth-order valence-corrected chi connectivity index (χ4v) is 4.00. The van der Waals surface area contributed by atoms with Gasteiger partial charge in [-0.15, -0.1) is 0 Å². The minimum atomic E-state index is -0.760. The lowest BCUT2D eigenvalue weighted by Crippen LogP contribution is -2.42. The van der Waals surface area contributed by atoms with Gasteiger partial charge in [0.2, 0.25) is 0 Å². The molecule has 0 bridgehead atoms. The van der Waals surface area contributed by atoms with Crippen molar-refractivity contribution in [3.05, 3.63) is 66.2 Å². The zero-order valence-corrected chi connectivity index (χ0v) is 25.2. The molecule has 6 N–H and O–H groups in total. The molecule has 2 aromatic carbocycles. The predicted octanol–water partition coefficient (Wildman–Crippen LogP) is 2.62. The molecule has 4 atom stereocenters. The lowest BCUT2D eigenvalue weighted by molar-refractivity contribution is 0.0132. The number of aliphatic hydroxyl groups excluding tert-OH is 4. The molecule has 230 valence electrons. The molecule has 0 saturated heterocycles. The maximum absolute atomic E-state index is 10.00. The van der Waals surface area contributed by atoms with Gasteiger partial charge in [-0.1, -0.05) is 50.8 Å². The molecular weight excluding hydrogens is 524 g/mol. The number of para-hydroxylation sites is 2. The van der Waals surface area contributed by atoms with Gasteiger partial charge in [0.15, 0.2) is 11.5 Å². The van der Waals surface area contributed by atoms with E-state index < -0.39 is 24.4 Å². The Hall–Kier alpha value is -2.66. The summed E-state index contributed by atoms with van der Waals surface area (Å²) in [6.07, 6.45) is -0.138. The number of hydrogen-bond donors (Lipinski definition) is 6. The van der Waals surface area contributed by atoms with E-state index in [0.717, 1.165) is 11.1 Å². The van der Waals surface area contributed by atoms with Crippen molar-refractivity contribution in [3.63, 3.8) is 0 Å². The van der Waals surface area contributed by atoms with Gasteiger partial charge in [0.25, 0.3) is 0 Å². The minimum absolute atomic E-state index is 0.0485. The van der Waals surface area contributed by atoms with Crippen LogP contribution < -0.4 is 24.8 Å². The number of aliphatic hydroxyl groups is 4. The Labute approximate surface area is 245 Å². The number of hydrogen-bond acceptors (Lipinski definition) is 9. The minimum Gasteiger partial charge on any atom is -0.491 e. The van der Waals surface area contributed by atoms with E-state index >= 15 is 0 Å². The molecule has 0 spiro atoms. The van der Waals surface area contributed by atoms with E-state index in [9.17, 15) is 20.4 Å².